The molecule has 1 aromatic carbocycles. The van der Waals surface area contributed by atoms with Gasteiger partial charge in [0.25, 0.3) is 0 Å². The molecule has 0 aliphatic carbocycles. The van der Waals surface area contributed by atoms with E-state index in [0.29, 0.717) is 0 Å². The lowest BCUT2D eigenvalue weighted by molar-refractivity contribution is 0.255. The van der Waals surface area contributed by atoms with Crippen LogP contribution in [0.2, 0.25) is 0 Å². The second kappa shape index (κ2) is 7.54. The van der Waals surface area contributed by atoms with Gasteiger partial charge in [0.1, 0.15) is 5.82 Å². The van der Waals surface area contributed by atoms with Crippen LogP contribution in [0.3, 0.4) is 0 Å². The van der Waals surface area contributed by atoms with E-state index in [9.17, 15) is 4.39 Å². The van der Waals surface area contributed by atoms with Crippen LogP contribution in [0.25, 0.3) is 0 Å². The summed E-state index contributed by atoms with van der Waals surface area (Å²) in [7, 11) is 0. The average Bonchev–Trinajstić information content (AvgIpc) is 3.06. The molecule has 0 amide bonds. The Labute approximate surface area is 148 Å². The summed E-state index contributed by atoms with van der Waals surface area (Å²) in [6.07, 6.45) is 3.26. The van der Waals surface area contributed by atoms with Crippen molar-refractivity contribution in [3.63, 3.8) is 0 Å². The number of hydrogen-bond donors (Lipinski definition) is 2. The Balaban J connectivity index is 1.23. The number of halogens is 1. The van der Waals surface area contributed by atoms with E-state index in [1.54, 1.807) is 12.1 Å². The molecule has 3 heterocycles. The van der Waals surface area contributed by atoms with E-state index < -0.39 is 0 Å². The Bertz CT molecular complexity index is 688. The van der Waals surface area contributed by atoms with Crippen molar-refractivity contribution in [2.75, 3.05) is 44.2 Å². The number of hydrogen-bond acceptors (Lipinski definition) is 4. The second-order valence-corrected chi connectivity index (χ2v) is 6.96. The molecule has 1 aromatic heterocycles. The zero-order chi connectivity index (χ0) is 17.1. The van der Waals surface area contributed by atoms with Gasteiger partial charge in [-0.25, -0.2) is 4.39 Å². The van der Waals surface area contributed by atoms with Crippen LogP contribution in [0.4, 0.5) is 10.1 Å². The van der Waals surface area contributed by atoms with Crippen molar-refractivity contribution in [3.05, 3.63) is 47.0 Å². The first kappa shape index (κ1) is 16.5. The second-order valence-electron chi connectivity index (χ2n) is 6.96. The molecule has 0 spiro atoms. The molecule has 2 aromatic rings. The number of fused-ring (bicyclic) bond motifs is 1. The topological polar surface area (TPSA) is 47.2 Å². The highest BCUT2D eigenvalue weighted by molar-refractivity contribution is 5.46. The SMILES string of the molecule is Fc1ccc(N2CCN(CCCc3n[nH]c4c3CNCC4)CC2)cc1. The van der Waals surface area contributed by atoms with Crippen molar-refractivity contribution >= 4 is 5.69 Å². The van der Waals surface area contributed by atoms with Gasteiger partial charge in [-0.15, -0.1) is 0 Å². The van der Waals surface area contributed by atoms with Gasteiger partial charge in [-0.2, -0.15) is 5.10 Å². The molecule has 0 bridgehead atoms. The lowest BCUT2D eigenvalue weighted by atomic mass is 10.0. The number of piperazine rings is 1. The van der Waals surface area contributed by atoms with E-state index in [-0.39, 0.29) is 5.82 Å². The van der Waals surface area contributed by atoms with Crippen molar-refractivity contribution in [1.29, 1.82) is 0 Å². The van der Waals surface area contributed by atoms with Gasteiger partial charge in [0.15, 0.2) is 0 Å². The number of benzene rings is 1. The molecule has 2 aliphatic rings. The molecule has 25 heavy (non-hydrogen) atoms. The first-order valence-corrected chi connectivity index (χ1v) is 9.28. The number of nitrogens with one attached hydrogen (secondary N) is 2. The summed E-state index contributed by atoms with van der Waals surface area (Å²) < 4.78 is 13.0. The van der Waals surface area contributed by atoms with E-state index in [2.05, 4.69) is 25.3 Å². The number of aryl methyl sites for hydroxylation is 1. The van der Waals surface area contributed by atoms with Crippen molar-refractivity contribution in [1.82, 2.24) is 20.4 Å². The zero-order valence-corrected chi connectivity index (χ0v) is 14.6. The van der Waals surface area contributed by atoms with E-state index in [1.807, 2.05) is 12.1 Å². The first-order chi connectivity index (χ1) is 12.3. The van der Waals surface area contributed by atoms with Crippen LogP contribution >= 0.6 is 0 Å². The highest BCUT2D eigenvalue weighted by atomic mass is 19.1. The Hall–Kier alpha value is -1.92. The maximum Gasteiger partial charge on any atom is 0.123 e. The minimum Gasteiger partial charge on any atom is -0.369 e. The normalized spacial score (nSPS) is 18.4. The molecule has 1 saturated heterocycles. The molecule has 4 rings (SSSR count). The van der Waals surface area contributed by atoms with Gasteiger partial charge in [-0.3, -0.25) is 10.00 Å². The Morgan fingerprint density at radius 3 is 2.68 bits per heavy atom. The fourth-order valence-electron chi connectivity index (χ4n) is 3.84. The number of anilines is 1. The predicted molar refractivity (Wildman–Crippen MR) is 97.4 cm³/mol. The zero-order valence-electron chi connectivity index (χ0n) is 14.6. The van der Waals surface area contributed by atoms with Crippen LogP contribution in [0.1, 0.15) is 23.4 Å². The third-order valence-electron chi connectivity index (χ3n) is 5.34. The molecule has 6 heteroatoms. The van der Waals surface area contributed by atoms with Gasteiger partial charge in [-0.1, -0.05) is 0 Å². The van der Waals surface area contributed by atoms with Gasteiger partial charge in [0.2, 0.25) is 0 Å². The summed E-state index contributed by atoms with van der Waals surface area (Å²) in [6.45, 7) is 7.27. The summed E-state index contributed by atoms with van der Waals surface area (Å²) in [4.78, 5) is 4.86. The molecular formula is C19H26FN5. The minimum absolute atomic E-state index is 0.168. The Kier molecular flexibility index (Phi) is 4.99. The molecule has 0 atom stereocenters. The summed E-state index contributed by atoms with van der Waals surface area (Å²) in [5.41, 5.74) is 5.08. The van der Waals surface area contributed by atoms with Crippen LogP contribution in [0.5, 0.6) is 0 Å². The highest BCUT2D eigenvalue weighted by Crippen LogP contribution is 2.19. The number of rotatable bonds is 5. The van der Waals surface area contributed by atoms with Crippen LogP contribution in [-0.2, 0) is 19.4 Å². The molecule has 0 saturated carbocycles. The minimum atomic E-state index is -0.168. The van der Waals surface area contributed by atoms with Crippen LogP contribution in [0, 0.1) is 5.82 Å². The quantitative estimate of drug-likeness (QED) is 0.871. The maximum atomic E-state index is 13.0. The van der Waals surface area contributed by atoms with Gasteiger partial charge in [0, 0.05) is 62.6 Å². The largest absolute Gasteiger partial charge is 0.369 e. The van der Waals surface area contributed by atoms with E-state index >= 15 is 0 Å². The fraction of sp³-hybridized carbons (Fsp3) is 0.526. The average molecular weight is 343 g/mol. The third-order valence-corrected chi connectivity index (χ3v) is 5.34. The third kappa shape index (κ3) is 3.85. The number of aromatic nitrogens is 2. The molecule has 2 aliphatic heterocycles. The smallest absolute Gasteiger partial charge is 0.123 e. The molecule has 1 fully saturated rings. The fourth-order valence-corrected chi connectivity index (χ4v) is 3.84. The molecule has 2 N–H and O–H groups in total. The highest BCUT2D eigenvalue weighted by Gasteiger charge is 2.19. The lowest BCUT2D eigenvalue weighted by Crippen LogP contribution is -2.46. The van der Waals surface area contributed by atoms with Crippen molar-refractivity contribution in [3.8, 4) is 0 Å². The first-order valence-electron chi connectivity index (χ1n) is 9.28. The van der Waals surface area contributed by atoms with Gasteiger partial charge >= 0.3 is 0 Å². The Morgan fingerprint density at radius 2 is 1.88 bits per heavy atom. The maximum absolute atomic E-state index is 13.0. The van der Waals surface area contributed by atoms with Crippen LogP contribution in [-0.4, -0.2) is 54.4 Å². The molecule has 134 valence electrons. The number of aromatic amines is 1. The van der Waals surface area contributed by atoms with E-state index in [1.165, 1.54) is 17.0 Å². The van der Waals surface area contributed by atoms with Crippen molar-refractivity contribution in [2.24, 2.45) is 0 Å². The summed E-state index contributed by atoms with van der Waals surface area (Å²) in [5.74, 6) is -0.168. The van der Waals surface area contributed by atoms with Crippen LogP contribution < -0.4 is 10.2 Å². The standard InChI is InChI=1S/C19H26FN5/c20-15-3-5-16(6-4-15)25-12-10-24(11-13-25)9-1-2-18-17-14-21-8-7-19(17)23-22-18/h3-6,21H,1-2,7-14H2,(H,22,23). The van der Waals surface area contributed by atoms with Crippen LogP contribution in [0.15, 0.2) is 24.3 Å². The molecule has 0 radical (unpaired) electrons. The lowest BCUT2D eigenvalue weighted by Gasteiger charge is -2.36. The van der Waals surface area contributed by atoms with Gasteiger partial charge in [-0.05, 0) is 43.7 Å². The van der Waals surface area contributed by atoms with Crippen molar-refractivity contribution < 1.29 is 4.39 Å². The summed E-state index contributed by atoms with van der Waals surface area (Å²) in [5, 5.41) is 11.2. The molecular weight excluding hydrogens is 317 g/mol. The van der Waals surface area contributed by atoms with Crippen molar-refractivity contribution in [2.45, 2.75) is 25.8 Å². The number of nitrogens with zero attached hydrogens (tertiary/aromatic N) is 3. The van der Waals surface area contributed by atoms with Gasteiger partial charge < -0.3 is 10.2 Å². The number of H-pyrrole nitrogens is 1. The summed E-state index contributed by atoms with van der Waals surface area (Å²) >= 11 is 0. The molecule has 5 nitrogen and oxygen atoms in total. The van der Waals surface area contributed by atoms with E-state index in [4.69, 9.17) is 0 Å². The predicted octanol–water partition coefficient (Wildman–Crippen LogP) is 1.95. The monoisotopic (exact) mass is 343 g/mol. The molecule has 0 unspecified atom stereocenters. The van der Waals surface area contributed by atoms with E-state index in [0.717, 1.165) is 70.8 Å². The summed E-state index contributed by atoms with van der Waals surface area (Å²) in [6, 6.07) is 6.84. The Morgan fingerprint density at radius 1 is 1.08 bits per heavy atom. The van der Waals surface area contributed by atoms with Gasteiger partial charge in [0.05, 0.1) is 5.69 Å².